The topological polar surface area (TPSA) is 66.8 Å². The number of rotatable bonds is 2. The fourth-order valence-electron chi connectivity index (χ4n) is 3.55. The van der Waals surface area contributed by atoms with E-state index in [0.717, 1.165) is 4.90 Å². The summed E-state index contributed by atoms with van der Waals surface area (Å²) in [5, 5.41) is 10.1. The number of amides is 2. The van der Waals surface area contributed by atoms with Crippen molar-refractivity contribution in [2.24, 2.45) is 11.8 Å². The van der Waals surface area contributed by atoms with Crippen LogP contribution in [0.2, 0.25) is 5.02 Å². The highest BCUT2D eigenvalue weighted by Gasteiger charge is 2.67. The molecule has 4 atom stereocenters. The minimum Gasteiger partial charge on any atom is -0.393 e. The molecule has 0 aromatic heterocycles. The third-order valence-electron chi connectivity index (χ3n) is 4.47. The standard InChI is InChI=1S/C15H12ClNO4/c16-8-2-1-3-9(6-8)17-13(19)11-10-4-5-15(7-18,21-10)12(11)14(17)20/h1-6,10-12,18H,7H2/t10-,11-,12-,15+/m1/s1. The molecule has 6 heteroatoms. The van der Waals surface area contributed by atoms with Crippen LogP contribution in [0.5, 0.6) is 0 Å². The highest BCUT2D eigenvalue weighted by atomic mass is 35.5. The van der Waals surface area contributed by atoms with Crippen LogP contribution in [0.1, 0.15) is 0 Å². The number of hydrogen-bond acceptors (Lipinski definition) is 4. The molecule has 1 aromatic carbocycles. The maximum atomic E-state index is 12.7. The summed E-state index contributed by atoms with van der Waals surface area (Å²) in [7, 11) is 0. The number of ether oxygens (including phenoxy) is 1. The Kier molecular flexibility index (Phi) is 2.58. The van der Waals surface area contributed by atoms with Gasteiger partial charge in [-0.05, 0) is 18.2 Å². The predicted octanol–water partition coefficient (Wildman–Crippen LogP) is 1.15. The van der Waals surface area contributed by atoms with Crippen LogP contribution in [0.4, 0.5) is 5.69 Å². The van der Waals surface area contributed by atoms with Crippen molar-refractivity contribution in [3.8, 4) is 0 Å². The largest absolute Gasteiger partial charge is 0.393 e. The molecular weight excluding hydrogens is 294 g/mol. The minimum atomic E-state index is -1.06. The molecule has 0 aliphatic carbocycles. The second kappa shape index (κ2) is 4.16. The van der Waals surface area contributed by atoms with E-state index in [4.69, 9.17) is 16.3 Å². The number of fused-ring (bicyclic) bond motifs is 5. The maximum absolute atomic E-state index is 12.7. The fraction of sp³-hybridized carbons (Fsp3) is 0.333. The Morgan fingerprint density at radius 2 is 2.14 bits per heavy atom. The monoisotopic (exact) mass is 305 g/mol. The zero-order valence-electron chi connectivity index (χ0n) is 10.9. The number of carbonyl (C=O) groups is 2. The Morgan fingerprint density at radius 3 is 2.86 bits per heavy atom. The number of anilines is 1. The lowest BCUT2D eigenvalue weighted by Gasteiger charge is -2.26. The zero-order valence-corrected chi connectivity index (χ0v) is 11.7. The summed E-state index contributed by atoms with van der Waals surface area (Å²) in [6.45, 7) is -0.316. The average molecular weight is 306 g/mol. The van der Waals surface area contributed by atoms with E-state index in [9.17, 15) is 14.7 Å². The quantitative estimate of drug-likeness (QED) is 0.657. The molecule has 0 radical (unpaired) electrons. The average Bonchev–Trinajstić information content (AvgIpc) is 3.10. The van der Waals surface area contributed by atoms with Gasteiger partial charge in [0, 0.05) is 5.02 Å². The van der Waals surface area contributed by atoms with E-state index >= 15 is 0 Å². The zero-order chi connectivity index (χ0) is 14.8. The van der Waals surface area contributed by atoms with E-state index in [1.807, 2.05) is 0 Å². The lowest BCUT2D eigenvalue weighted by Crippen LogP contribution is -2.43. The SMILES string of the molecule is O=C1[C@@H]2[C@H]3C=C[C@@](CO)(O3)[C@H]2C(=O)N1c1cccc(Cl)c1. The molecule has 4 rings (SSSR count). The number of nitrogens with zero attached hydrogens (tertiary/aromatic N) is 1. The predicted molar refractivity (Wildman–Crippen MR) is 74.8 cm³/mol. The van der Waals surface area contributed by atoms with Crippen LogP contribution >= 0.6 is 11.6 Å². The molecule has 3 aliphatic heterocycles. The van der Waals surface area contributed by atoms with Crippen LogP contribution in [-0.2, 0) is 14.3 Å². The lowest BCUT2D eigenvalue weighted by atomic mass is 9.77. The number of aliphatic hydroxyl groups is 1. The summed E-state index contributed by atoms with van der Waals surface area (Å²) in [4.78, 5) is 26.5. The molecule has 21 heavy (non-hydrogen) atoms. The highest BCUT2D eigenvalue weighted by Crippen LogP contribution is 2.52. The minimum absolute atomic E-state index is 0.294. The smallest absolute Gasteiger partial charge is 0.241 e. The second-order valence-electron chi connectivity index (χ2n) is 5.55. The molecule has 0 unspecified atom stereocenters. The van der Waals surface area contributed by atoms with Crippen molar-refractivity contribution in [2.45, 2.75) is 11.7 Å². The van der Waals surface area contributed by atoms with Crippen LogP contribution < -0.4 is 4.90 Å². The van der Waals surface area contributed by atoms with E-state index in [0.29, 0.717) is 10.7 Å². The van der Waals surface area contributed by atoms with Crippen LogP contribution in [0.15, 0.2) is 36.4 Å². The fourth-order valence-corrected chi connectivity index (χ4v) is 3.74. The number of aliphatic hydroxyl groups excluding tert-OH is 1. The first-order valence-corrected chi connectivity index (χ1v) is 7.07. The molecule has 2 amide bonds. The summed E-state index contributed by atoms with van der Waals surface area (Å²) >= 11 is 5.94. The van der Waals surface area contributed by atoms with Gasteiger partial charge < -0.3 is 9.84 Å². The number of hydrogen-bond donors (Lipinski definition) is 1. The van der Waals surface area contributed by atoms with Crippen molar-refractivity contribution in [3.63, 3.8) is 0 Å². The molecule has 2 bridgehead atoms. The Balaban J connectivity index is 1.79. The van der Waals surface area contributed by atoms with Crippen molar-refractivity contribution >= 4 is 29.1 Å². The van der Waals surface area contributed by atoms with Crippen LogP contribution in [0, 0.1) is 11.8 Å². The normalized spacial score (nSPS) is 36.7. The van der Waals surface area contributed by atoms with Crippen LogP contribution in [0.3, 0.4) is 0 Å². The molecule has 3 heterocycles. The van der Waals surface area contributed by atoms with Crippen LogP contribution in [-0.4, -0.2) is 35.2 Å². The van der Waals surface area contributed by atoms with Gasteiger partial charge in [0.15, 0.2) is 0 Å². The molecule has 3 aliphatic rings. The summed E-state index contributed by atoms with van der Waals surface area (Å²) < 4.78 is 5.67. The van der Waals surface area contributed by atoms with Crippen molar-refractivity contribution in [1.29, 1.82) is 0 Å². The first kappa shape index (κ1) is 13.0. The summed E-state index contributed by atoms with van der Waals surface area (Å²) in [5.41, 5.74) is -0.602. The van der Waals surface area contributed by atoms with Crippen molar-refractivity contribution in [3.05, 3.63) is 41.4 Å². The molecule has 108 valence electrons. The van der Waals surface area contributed by atoms with Crippen molar-refractivity contribution in [2.75, 3.05) is 11.5 Å². The Hall–Kier alpha value is -1.69. The van der Waals surface area contributed by atoms with Gasteiger partial charge >= 0.3 is 0 Å². The second-order valence-corrected chi connectivity index (χ2v) is 5.99. The van der Waals surface area contributed by atoms with Gasteiger partial charge in [-0.25, -0.2) is 4.90 Å². The van der Waals surface area contributed by atoms with E-state index < -0.39 is 23.5 Å². The number of benzene rings is 1. The molecule has 5 nitrogen and oxygen atoms in total. The summed E-state index contributed by atoms with van der Waals surface area (Å²) in [5.74, 6) is -1.86. The number of carbonyl (C=O) groups excluding carboxylic acids is 2. The van der Waals surface area contributed by atoms with E-state index in [-0.39, 0.29) is 18.4 Å². The first-order valence-electron chi connectivity index (χ1n) is 6.69. The molecule has 0 saturated carbocycles. The van der Waals surface area contributed by atoms with E-state index in [2.05, 4.69) is 0 Å². The van der Waals surface area contributed by atoms with Crippen molar-refractivity contribution in [1.82, 2.24) is 0 Å². The van der Waals surface area contributed by atoms with Gasteiger partial charge in [-0.15, -0.1) is 0 Å². The van der Waals surface area contributed by atoms with Crippen LogP contribution in [0.25, 0.3) is 0 Å². The molecule has 2 fully saturated rings. The van der Waals surface area contributed by atoms with Crippen molar-refractivity contribution < 1.29 is 19.4 Å². The van der Waals surface area contributed by atoms with Gasteiger partial charge in [-0.2, -0.15) is 0 Å². The molecule has 1 N–H and O–H groups in total. The Bertz CT molecular complexity index is 688. The molecule has 1 aromatic rings. The third kappa shape index (κ3) is 1.54. The van der Waals surface area contributed by atoms with E-state index in [1.165, 1.54) is 0 Å². The van der Waals surface area contributed by atoms with Gasteiger partial charge in [-0.1, -0.05) is 29.8 Å². The number of imide groups is 1. The maximum Gasteiger partial charge on any atom is 0.241 e. The van der Waals surface area contributed by atoms with Gasteiger partial charge in [-0.3, -0.25) is 9.59 Å². The van der Waals surface area contributed by atoms with Gasteiger partial charge in [0.1, 0.15) is 5.60 Å². The van der Waals surface area contributed by atoms with Gasteiger partial charge in [0.05, 0.1) is 30.2 Å². The van der Waals surface area contributed by atoms with Gasteiger partial charge in [0.2, 0.25) is 11.8 Å². The Morgan fingerprint density at radius 1 is 1.33 bits per heavy atom. The molecule has 0 spiro atoms. The summed E-state index contributed by atoms with van der Waals surface area (Å²) in [6, 6.07) is 6.63. The Labute approximate surface area is 125 Å². The lowest BCUT2D eigenvalue weighted by molar-refractivity contribution is -0.128. The highest BCUT2D eigenvalue weighted by molar-refractivity contribution is 6.31. The van der Waals surface area contributed by atoms with Gasteiger partial charge in [0.25, 0.3) is 0 Å². The van der Waals surface area contributed by atoms with E-state index in [1.54, 1.807) is 36.4 Å². The summed E-state index contributed by atoms with van der Waals surface area (Å²) in [6.07, 6.45) is 3.01. The molecular formula is C15H12ClNO4. The third-order valence-corrected chi connectivity index (χ3v) is 4.70. The first-order chi connectivity index (χ1) is 10.1. The molecule has 2 saturated heterocycles. The number of halogens is 1.